The molecule has 0 fully saturated rings. The van der Waals surface area contributed by atoms with E-state index < -0.39 is 0 Å². The van der Waals surface area contributed by atoms with Crippen LogP contribution in [0.25, 0.3) is 11.4 Å². The normalized spacial score (nSPS) is 10.3. The molecule has 8 nitrogen and oxygen atoms in total. The van der Waals surface area contributed by atoms with Gasteiger partial charge < -0.3 is 0 Å². The molecule has 0 spiro atoms. The molecule has 0 aliphatic rings. The molecule has 0 bridgehead atoms. The summed E-state index contributed by atoms with van der Waals surface area (Å²) in [5.74, 6) is 6.97. The van der Waals surface area contributed by atoms with E-state index in [0.29, 0.717) is 11.9 Å². The van der Waals surface area contributed by atoms with E-state index in [1.165, 1.54) is 6.33 Å². The van der Waals surface area contributed by atoms with Crippen molar-refractivity contribution < 1.29 is 0 Å². The topological polar surface area (TPSA) is 87.2 Å². The molecule has 0 radical (unpaired) electrons. The van der Waals surface area contributed by atoms with Crippen molar-refractivity contribution in [1.29, 1.82) is 0 Å². The SMILES string of the molecule is CC(C)n1ncnn1.CC(C)n1nnc(-c2ccccc2C#Cc2ccccc2)n1. The Morgan fingerprint density at radius 3 is 2.07 bits per heavy atom. The molecule has 2 aromatic carbocycles. The van der Waals surface area contributed by atoms with Crippen molar-refractivity contribution in [1.82, 2.24) is 40.4 Å². The average molecular weight is 400 g/mol. The van der Waals surface area contributed by atoms with Crippen LogP contribution in [0.3, 0.4) is 0 Å². The van der Waals surface area contributed by atoms with Gasteiger partial charge in [-0.15, -0.1) is 20.4 Å². The summed E-state index contributed by atoms with van der Waals surface area (Å²) in [6, 6.07) is 18.3. The van der Waals surface area contributed by atoms with E-state index in [9.17, 15) is 0 Å². The van der Waals surface area contributed by atoms with Crippen molar-refractivity contribution in [3.63, 3.8) is 0 Å². The van der Waals surface area contributed by atoms with Gasteiger partial charge in [0.05, 0.1) is 12.1 Å². The first-order chi connectivity index (χ1) is 14.5. The monoisotopic (exact) mass is 400 g/mol. The number of tetrazole rings is 2. The van der Waals surface area contributed by atoms with Gasteiger partial charge in [0, 0.05) is 16.7 Å². The van der Waals surface area contributed by atoms with E-state index in [1.807, 2.05) is 82.3 Å². The molecule has 30 heavy (non-hydrogen) atoms. The number of benzene rings is 2. The summed E-state index contributed by atoms with van der Waals surface area (Å²) in [6.45, 7) is 8.04. The Hall–Kier alpha value is -3.86. The van der Waals surface area contributed by atoms with Crippen LogP contribution < -0.4 is 0 Å². The highest BCUT2D eigenvalue weighted by molar-refractivity contribution is 5.65. The Kier molecular flexibility index (Phi) is 7.00. The van der Waals surface area contributed by atoms with Gasteiger partial charge in [-0.25, -0.2) is 0 Å². The van der Waals surface area contributed by atoms with Gasteiger partial charge in [-0.2, -0.15) is 9.59 Å². The van der Waals surface area contributed by atoms with Gasteiger partial charge in [-0.1, -0.05) is 42.2 Å². The molecule has 2 aromatic heterocycles. The Labute approximate surface area is 175 Å². The Morgan fingerprint density at radius 2 is 1.47 bits per heavy atom. The summed E-state index contributed by atoms with van der Waals surface area (Å²) in [6.07, 6.45) is 1.43. The van der Waals surface area contributed by atoms with Crippen LogP contribution in [0.15, 0.2) is 60.9 Å². The molecule has 8 heteroatoms. The molecule has 0 unspecified atom stereocenters. The number of nitrogens with zero attached hydrogens (tertiary/aromatic N) is 8. The lowest BCUT2D eigenvalue weighted by Gasteiger charge is -2.00. The first kappa shape index (κ1) is 20.9. The molecule has 0 aliphatic carbocycles. The van der Waals surface area contributed by atoms with Crippen LogP contribution >= 0.6 is 0 Å². The molecule has 4 aromatic rings. The first-order valence-corrected chi connectivity index (χ1v) is 9.73. The molecule has 0 saturated carbocycles. The third kappa shape index (κ3) is 5.58. The maximum Gasteiger partial charge on any atom is 0.206 e. The molecule has 0 aliphatic heterocycles. The lowest BCUT2D eigenvalue weighted by molar-refractivity contribution is 0.455. The molecule has 152 valence electrons. The Bertz CT molecular complexity index is 1100. The van der Waals surface area contributed by atoms with Gasteiger partial charge in [-0.3, -0.25) is 0 Å². The van der Waals surface area contributed by atoms with Crippen LogP contribution in [-0.4, -0.2) is 40.4 Å². The van der Waals surface area contributed by atoms with E-state index in [1.54, 1.807) is 9.59 Å². The van der Waals surface area contributed by atoms with Gasteiger partial charge >= 0.3 is 0 Å². The van der Waals surface area contributed by atoms with Crippen LogP contribution in [-0.2, 0) is 0 Å². The number of hydrogen-bond acceptors (Lipinski definition) is 6. The minimum absolute atomic E-state index is 0.184. The fourth-order valence-corrected chi connectivity index (χ4v) is 2.41. The molecule has 0 amide bonds. The average Bonchev–Trinajstić information content (AvgIpc) is 3.46. The minimum Gasteiger partial charge on any atom is -0.162 e. The molecule has 2 heterocycles. The van der Waals surface area contributed by atoms with Crippen LogP contribution in [0.2, 0.25) is 0 Å². The first-order valence-electron chi connectivity index (χ1n) is 9.73. The second-order valence-electron chi connectivity index (χ2n) is 7.04. The van der Waals surface area contributed by atoms with Crippen molar-refractivity contribution in [2.45, 2.75) is 39.8 Å². The lowest BCUT2D eigenvalue weighted by atomic mass is 10.1. The van der Waals surface area contributed by atoms with Gasteiger partial charge in [0.1, 0.15) is 0 Å². The van der Waals surface area contributed by atoms with Crippen molar-refractivity contribution in [2.24, 2.45) is 0 Å². The Balaban J connectivity index is 0.000000269. The standard InChI is InChI=1S/C18H16N4.C4H8N4/c1-14(2)22-20-18(19-21-22)17-11-7-6-10-16(17)13-12-15-8-4-3-5-9-15;1-4(2)8-6-3-5-7-8/h3-11,14H,1-2H3;3-4H,1-2H3. The predicted octanol–water partition coefficient (Wildman–Crippen LogP) is 3.57. The summed E-state index contributed by atoms with van der Waals surface area (Å²) < 4.78 is 0. The smallest absolute Gasteiger partial charge is 0.162 e. The van der Waals surface area contributed by atoms with Crippen LogP contribution in [0, 0.1) is 11.8 Å². The largest absolute Gasteiger partial charge is 0.206 e. The highest BCUT2D eigenvalue weighted by Crippen LogP contribution is 2.19. The summed E-state index contributed by atoms with van der Waals surface area (Å²) >= 11 is 0. The highest BCUT2D eigenvalue weighted by Gasteiger charge is 2.10. The fraction of sp³-hybridized carbons (Fsp3) is 0.273. The highest BCUT2D eigenvalue weighted by atomic mass is 15.6. The molecule has 0 atom stereocenters. The van der Waals surface area contributed by atoms with Crippen LogP contribution in [0.1, 0.15) is 50.9 Å². The van der Waals surface area contributed by atoms with E-state index in [-0.39, 0.29) is 6.04 Å². The maximum atomic E-state index is 4.42. The van der Waals surface area contributed by atoms with Crippen molar-refractivity contribution >= 4 is 0 Å². The zero-order valence-electron chi connectivity index (χ0n) is 17.5. The summed E-state index contributed by atoms with van der Waals surface area (Å²) in [7, 11) is 0. The van der Waals surface area contributed by atoms with Crippen LogP contribution in [0.4, 0.5) is 0 Å². The maximum absolute atomic E-state index is 4.42. The van der Waals surface area contributed by atoms with Crippen molar-refractivity contribution in [2.75, 3.05) is 0 Å². The van der Waals surface area contributed by atoms with E-state index in [0.717, 1.165) is 16.7 Å². The zero-order chi connectivity index (χ0) is 21.3. The van der Waals surface area contributed by atoms with Crippen LogP contribution in [0.5, 0.6) is 0 Å². The summed E-state index contributed by atoms with van der Waals surface area (Å²) in [5.41, 5.74) is 2.78. The molecular formula is C22H24N8. The number of hydrogen-bond donors (Lipinski definition) is 0. The quantitative estimate of drug-likeness (QED) is 0.489. The summed E-state index contributed by atoms with van der Waals surface area (Å²) in [4.78, 5) is 3.16. The Morgan fingerprint density at radius 1 is 0.767 bits per heavy atom. The second-order valence-corrected chi connectivity index (χ2v) is 7.04. The lowest BCUT2D eigenvalue weighted by Crippen LogP contribution is -2.04. The minimum atomic E-state index is 0.184. The third-order valence-corrected chi connectivity index (χ3v) is 4.00. The van der Waals surface area contributed by atoms with E-state index in [2.05, 4.69) is 42.7 Å². The molecular weight excluding hydrogens is 376 g/mol. The molecule has 0 saturated heterocycles. The van der Waals surface area contributed by atoms with Gasteiger partial charge in [0.15, 0.2) is 6.33 Å². The molecule has 0 N–H and O–H groups in total. The number of rotatable bonds is 3. The molecule has 4 rings (SSSR count). The fourth-order valence-electron chi connectivity index (χ4n) is 2.41. The summed E-state index contributed by atoms with van der Waals surface area (Å²) in [5, 5.41) is 23.7. The number of aromatic nitrogens is 8. The van der Waals surface area contributed by atoms with Crippen molar-refractivity contribution in [3.8, 4) is 23.2 Å². The van der Waals surface area contributed by atoms with Crippen molar-refractivity contribution in [3.05, 3.63) is 72.1 Å². The van der Waals surface area contributed by atoms with Gasteiger partial charge in [0.25, 0.3) is 0 Å². The predicted molar refractivity (Wildman–Crippen MR) is 114 cm³/mol. The van der Waals surface area contributed by atoms with Gasteiger partial charge in [-0.05, 0) is 62.4 Å². The zero-order valence-corrected chi connectivity index (χ0v) is 17.5. The van der Waals surface area contributed by atoms with E-state index >= 15 is 0 Å². The third-order valence-electron chi connectivity index (χ3n) is 4.00. The van der Waals surface area contributed by atoms with E-state index in [4.69, 9.17) is 0 Å². The second kappa shape index (κ2) is 10.1. The van der Waals surface area contributed by atoms with Gasteiger partial charge in [0.2, 0.25) is 5.82 Å².